The first kappa shape index (κ1) is 21.1. The summed E-state index contributed by atoms with van der Waals surface area (Å²) in [5.74, 6) is -2.18. The Labute approximate surface area is 161 Å². The molecule has 0 unspecified atom stereocenters. The number of ether oxygens (including phenoxy) is 3. The highest BCUT2D eigenvalue weighted by molar-refractivity contribution is 5.95. The van der Waals surface area contributed by atoms with Crippen molar-refractivity contribution in [1.82, 2.24) is 0 Å². The molecule has 0 aromatic heterocycles. The maximum Gasteiger partial charge on any atom is 0.306 e. The second kappa shape index (κ2) is 9.68. The topological polar surface area (TPSA) is 73.9 Å². The van der Waals surface area contributed by atoms with E-state index in [1.807, 2.05) is 0 Å². The van der Waals surface area contributed by atoms with Crippen LogP contribution in [0.25, 0.3) is 0 Å². The Hall–Kier alpha value is -3.16. The van der Waals surface area contributed by atoms with E-state index in [2.05, 4.69) is 5.32 Å². The Balaban J connectivity index is 1.89. The molecule has 0 bridgehead atoms. The smallest absolute Gasteiger partial charge is 0.306 e. The van der Waals surface area contributed by atoms with Gasteiger partial charge in [-0.2, -0.15) is 0 Å². The molecule has 0 saturated heterocycles. The van der Waals surface area contributed by atoms with Gasteiger partial charge in [0.05, 0.1) is 14.2 Å². The fourth-order valence-electron chi connectivity index (χ4n) is 2.43. The minimum atomic E-state index is -1.21. The van der Waals surface area contributed by atoms with E-state index in [0.717, 1.165) is 17.7 Å². The third-order valence-corrected chi connectivity index (χ3v) is 3.95. The first-order chi connectivity index (χ1) is 13.3. The van der Waals surface area contributed by atoms with E-state index in [4.69, 9.17) is 14.2 Å². The van der Waals surface area contributed by atoms with Crippen LogP contribution in [0.2, 0.25) is 0 Å². The van der Waals surface area contributed by atoms with Gasteiger partial charge in [0.15, 0.2) is 17.6 Å². The van der Waals surface area contributed by atoms with Gasteiger partial charge in [-0.3, -0.25) is 9.59 Å². The van der Waals surface area contributed by atoms with E-state index in [0.29, 0.717) is 17.9 Å². The number of methoxy groups -OCH3 is 2. The van der Waals surface area contributed by atoms with Crippen molar-refractivity contribution < 1.29 is 32.6 Å². The number of benzene rings is 2. The molecule has 1 amide bonds. The molecule has 0 radical (unpaired) electrons. The molecule has 0 saturated carbocycles. The van der Waals surface area contributed by atoms with E-state index >= 15 is 0 Å². The Morgan fingerprint density at radius 1 is 1.04 bits per heavy atom. The molecule has 1 atom stereocenters. The summed E-state index contributed by atoms with van der Waals surface area (Å²) in [6.07, 6.45) is -0.840. The fourth-order valence-corrected chi connectivity index (χ4v) is 2.43. The third-order valence-electron chi connectivity index (χ3n) is 3.95. The summed E-state index contributed by atoms with van der Waals surface area (Å²) in [5.41, 5.74) is 0.237. The average Bonchev–Trinajstić information content (AvgIpc) is 2.68. The van der Waals surface area contributed by atoms with Gasteiger partial charge in [-0.25, -0.2) is 8.78 Å². The number of aryl methyl sites for hydroxylation is 1. The molecule has 2 aromatic carbocycles. The van der Waals surface area contributed by atoms with Gasteiger partial charge < -0.3 is 19.5 Å². The lowest BCUT2D eigenvalue weighted by Crippen LogP contribution is -2.30. The standard InChI is InChI=1S/C20H21F2NO5/c1-12(20(25)23-19-14(21)5-4-6-15(19)22)28-18(24)10-8-13-7-9-16(26-2)17(11-13)27-3/h4-7,9,11-12H,8,10H2,1-3H3,(H,23,25)/t12-/m0/s1. The predicted octanol–water partition coefficient (Wildman–Crippen LogP) is 3.49. The van der Waals surface area contributed by atoms with Crippen molar-refractivity contribution >= 4 is 17.6 Å². The van der Waals surface area contributed by atoms with Crippen LogP contribution in [-0.4, -0.2) is 32.2 Å². The summed E-state index contributed by atoms with van der Waals surface area (Å²) < 4.78 is 42.5. The van der Waals surface area contributed by atoms with Crippen molar-refractivity contribution in [2.75, 3.05) is 19.5 Å². The van der Waals surface area contributed by atoms with Crippen molar-refractivity contribution in [1.29, 1.82) is 0 Å². The minimum absolute atomic E-state index is 0.0150. The summed E-state index contributed by atoms with van der Waals surface area (Å²) in [4.78, 5) is 24.0. The summed E-state index contributed by atoms with van der Waals surface area (Å²) in [7, 11) is 3.03. The van der Waals surface area contributed by atoms with Crippen molar-refractivity contribution in [3.8, 4) is 11.5 Å². The molecule has 0 fully saturated rings. The monoisotopic (exact) mass is 393 g/mol. The van der Waals surface area contributed by atoms with Crippen molar-refractivity contribution in [3.63, 3.8) is 0 Å². The molecule has 1 N–H and O–H groups in total. The number of hydrogen-bond donors (Lipinski definition) is 1. The van der Waals surface area contributed by atoms with E-state index < -0.39 is 35.3 Å². The second-order valence-corrected chi connectivity index (χ2v) is 5.91. The van der Waals surface area contributed by atoms with Crippen LogP contribution in [-0.2, 0) is 20.7 Å². The number of carbonyl (C=O) groups excluding carboxylic acids is 2. The Bertz CT molecular complexity index is 836. The highest BCUT2D eigenvalue weighted by atomic mass is 19.1. The average molecular weight is 393 g/mol. The van der Waals surface area contributed by atoms with Gasteiger partial charge in [0, 0.05) is 6.42 Å². The van der Waals surface area contributed by atoms with Crippen molar-refractivity contribution in [2.45, 2.75) is 25.9 Å². The number of carbonyl (C=O) groups is 2. The van der Waals surface area contributed by atoms with Crippen LogP contribution in [0.3, 0.4) is 0 Å². The lowest BCUT2D eigenvalue weighted by Gasteiger charge is -2.14. The van der Waals surface area contributed by atoms with Gasteiger partial charge in [-0.1, -0.05) is 12.1 Å². The van der Waals surface area contributed by atoms with Gasteiger partial charge in [0.1, 0.15) is 17.3 Å². The van der Waals surface area contributed by atoms with Crippen LogP contribution >= 0.6 is 0 Å². The molecule has 28 heavy (non-hydrogen) atoms. The minimum Gasteiger partial charge on any atom is -0.493 e. The third kappa shape index (κ3) is 5.42. The number of amides is 1. The number of halogens is 2. The molecular formula is C20H21F2NO5. The largest absolute Gasteiger partial charge is 0.493 e. The summed E-state index contributed by atoms with van der Waals surface area (Å²) in [6, 6.07) is 8.45. The van der Waals surface area contributed by atoms with Crippen LogP contribution < -0.4 is 14.8 Å². The number of rotatable bonds is 8. The zero-order chi connectivity index (χ0) is 20.7. The number of nitrogens with one attached hydrogen (secondary N) is 1. The van der Waals surface area contributed by atoms with Crippen LogP contribution in [0, 0.1) is 11.6 Å². The molecule has 0 spiro atoms. The van der Waals surface area contributed by atoms with Gasteiger partial charge >= 0.3 is 5.97 Å². The van der Waals surface area contributed by atoms with Gasteiger partial charge in [0.2, 0.25) is 0 Å². The second-order valence-electron chi connectivity index (χ2n) is 5.91. The number of anilines is 1. The zero-order valence-corrected chi connectivity index (χ0v) is 15.8. The van der Waals surface area contributed by atoms with Crippen LogP contribution in [0.5, 0.6) is 11.5 Å². The van der Waals surface area contributed by atoms with Gasteiger partial charge in [0.25, 0.3) is 5.91 Å². The fraction of sp³-hybridized carbons (Fsp3) is 0.300. The molecule has 2 rings (SSSR count). The highest BCUT2D eigenvalue weighted by Crippen LogP contribution is 2.28. The number of para-hydroxylation sites is 1. The molecule has 0 heterocycles. The molecule has 8 heteroatoms. The SMILES string of the molecule is COc1ccc(CCC(=O)O[C@@H](C)C(=O)Nc2c(F)cccc2F)cc1OC. The highest BCUT2D eigenvalue weighted by Gasteiger charge is 2.20. The Morgan fingerprint density at radius 3 is 2.29 bits per heavy atom. The van der Waals surface area contributed by atoms with E-state index in [-0.39, 0.29) is 6.42 Å². The quantitative estimate of drug-likeness (QED) is 0.695. The lowest BCUT2D eigenvalue weighted by molar-refractivity contribution is -0.153. The van der Waals surface area contributed by atoms with Crippen LogP contribution in [0.1, 0.15) is 18.9 Å². The zero-order valence-electron chi connectivity index (χ0n) is 15.8. The molecule has 0 aliphatic heterocycles. The first-order valence-electron chi connectivity index (χ1n) is 8.51. The van der Waals surface area contributed by atoms with Crippen LogP contribution in [0.4, 0.5) is 14.5 Å². The van der Waals surface area contributed by atoms with Gasteiger partial charge in [-0.05, 0) is 43.2 Å². The molecule has 0 aliphatic carbocycles. The van der Waals surface area contributed by atoms with E-state index in [9.17, 15) is 18.4 Å². The normalized spacial score (nSPS) is 11.5. The summed E-state index contributed by atoms with van der Waals surface area (Å²) in [5, 5.41) is 2.09. The number of esters is 1. The molecule has 6 nitrogen and oxygen atoms in total. The summed E-state index contributed by atoms with van der Waals surface area (Å²) in [6.45, 7) is 1.32. The summed E-state index contributed by atoms with van der Waals surface area (Å²) >= 11 is 0. The maximum atomic E-state index is 13.6. The Kier molecular flexibility index (Phi) is 7.31. The molecule has 0 aliphatic rings. The number of hydrogen-bond acceptors (Lipinski definition) is 5. The molecule has 2 aromatic rings. The predicted molar refractivity (Wildman–Crippen MR) is 98.4 cm³/mol. The maximum absolute atomic E-state index is 13.6. The van der Waals surface area contributed by atoms with Crippen LogP contribution in [0.15, 0.2) is 36.4 Å². The molecule has 150 valence electrons. The van der Waals surface area contributed by atoms with Gasteiger partial charge in [-0.15, -0.1) is 0 Å². The van der Waals surface area contributed by atoms with E-state index in [1.165, 1.54) is 27.2 Å². The Morgan fingerprint density at radius 2 is 1.68 bits per heavy atom. The van der Waals surface area contributed by atoms with E-state index in [1.54, 1.807) is 18.2 Å². The van der Waals surface area contributed by atoms with Crippen molar-refractivity contribution in [3.05, 3.63) is 53.6 Å². The first-order valence-corrected chi connectivity index (χ1v) is 8.51. The van der Waals surface area contributed by atoms with Crippen molar-refractivity contribution in [2.24, 2.45) is 0 Å². The lowest BCUT2D eigenvalue weighted by atomic mass is 10.1. The molecular weight excluding hydrogens is 372 g/mol.